The minimum absolute atomic E-state index is 0.131. The number of hydrogen-bond acceptors (Lipinski definition) is 5. The van der Waals surface area contributed by atoms with Gasteiger partial charge in [-0.2, -0.15) is 5.10 Å². The summed E-state index contributed by atoms with van der Waals surface area (Å²) in [6, 6.07) is 8.34. The smallest absolute Gasteiger partial charge is 0.255 e. The van der Waals surface area contributed by atoms with E-state index in [9.17, 15) is 15.0 Å². The van der Waals surface area contributed by atoms with E-state index in [4.69, 9.17) is 0 Å². The third-order valence-electron chi connectivity index (χ3n) is 4.76. The third-order valence-corrected chi connectivity index (χ3v) is 4.76. The maximum Gasteiger partial charge on any atom is 0.255 e. The van der Waals surface area contributed by atoms with Crippen LogP contribution in [0.1, 0.15) is 28.2 Å². The second-order valence-corrected chi connectivity index (χ2v) is 6.48. The molecule has 1 aromatic carbocycles. The number of aromatic hydroxyl groups is 1. The second kappa shape index (κ2) is 5.56. The van der Waals surface area contributed by atoms with E-state index in [0.717, 1.165) is 5.52 Å². The molecule has 3 heterocycles. The van der Waals surface area contributed by atoms with E-state index in [1.807, 2.05) is 0 Å². The number of benzene rings is 1. The molecule has 0 saturated carbocycles. The van der Waals surface area contributed by atoms with Crippen molar-refractivity contribution in [3.05, 3.63) is 53.5 Å². The number of amides is 1. The number of pyridine rings is 1. The van der Waals surface area contributed by atoms with E-state index in [0.29, 0.717) is 35.3 Å². The lowest BCUT2D eigenvalue weighted by atomic mass is 9.99. The number of hydrogen-bond donors (Lipinski definition) is 3. The number of aliphatic hydroxyl groups is 1. The van der Waals surface area contributed by atoms with E-state index in [1.165, 1.54) is 0 Å². The Morgan fingerprint density at radius 1 is 1.32 bits per heavy atom. The predicted octanol–water partition coefficient (Wildman–Crippen LogP) is 1.71. The Labute approximate surface area is 143 Å². The molecule has 0 radical (unpaired) electrons. The first-order valence-corrected chi connectivity index (χ1v) is 8.08. The molecule has 7 heteroatoms. The number of phenolic OH excluding ortho intramolecular Hbond substituents is 1. The van der Waals surface area contributed by atoms with E-state index in [-0.39, 0.29) is 18.2 Å². The van der Waals surface area contributed by atoms with Crippen LogP contribution in [0, 0.1) is 6.92 Å². The molecule has 0 spiro atoms. The number of aryl methyl sites for hydroxylation is 1. The number of β-amino-alcohol motifs (C(OH)–C–C–N with tert-alkyl or cyclic N) is 1. The Kier molecular flexibility index (Phi) is 3.47. The number of H-pyrrole nitrogens is 1. The summed E-state index contributed by atoms with van der Waals surface area (Å²) in [4.78, 5) is 19.0. The highest BCUT2D eigenvalue weighted by atomic mass is 16.3. The van der Waals surface area contributed by atoms with E-state index in [2.05, 4.69) is 15.2 Å². The molecule has 7 nitrogen and oxygen atoms in total. The van der Waals surface area contributed by atoms with Crippen LogP contribution in [0.5, 0.6) is 5.75 Å². The van der Waals surface area contributed by atoms with Gasteiger partial charge in [0.15, 0.2) is 0 Å². The minimum Gasteiger partial charge on any atom is -0.508 e. The standard InChI is InChI=1S/C18H18N4O3/c1-11-14(9-12-8-13(23)2-3-15(12)20-11)17(24)22-7-5-18(25,10-22)16-4-6-19-21-16/h2-4,6,8-9,23,25H,5,7,10H2,1H3,(H,19,21). The maximum atomic E-state index is 12.9. The van der Waals surface area contributed by atoms with Crippen LogP contribution in [0.2, 0.25) is 0 Å². The summed E-state index contributed by atoms with van der Waals surface area (Å²) in [5.74, 6) is -0.0444. The number of fused-ring (bicyclic) bond motifs is 1. The molecule has 1 fully saturated rings. The van der Waals surface area contributed by atoms with Gasteiger partial charge in [-0.3, -0.25) is 14.9 Å². The van der Waals surface area contributed by atoms with E-state index in [1.54, 1.807) is 48.4 Å². The molecule has 0 aliphatic carbocycles. The van der Waals surface area contributed by atoms with Gasteiger partial charge < -0.3 is 15.1 Å². The third kappa shape index (κ3) is 2.62. The summed E-state index contributed by atoms with van der Waals surface area (Å²) < 4.78 is 0. The van der Waals surface area contributed by atoms with Crippen molar-refractivity contribution in [1.82, 2.24) is 20.1 Å². The molecule has 2 aromatic heterocycles. The van der Waals surface area contributed by atoms with Crippen molar-refractivity contribution in [3.63, 3.8) is 0 Å². The van der Waals surface area contributed by atoms with Crippen molar-refractivity contribution in [2.24, 2.45) is 0 Å². The molecule has 25 heavy (non-hydrogen) atoms. The normalized spacial score (nSPS) is 20.3. The highest BCUT2D eigenvalue weighted by Crippen LogP contribution is 2.32. The monoisotopic (exact) mass is 338 g/mol. The summed E-state index contributed by atoms with van der Waals surface area (Å²) in [7, 11) is 0. The Morgan fingerprint density at radius 2 is 2.16 bits per heavy atom. The van der Waals surface area contributed by atoms with Crippen molar-refractivity contribution in [2.45, 2.75) is 18.9 Å². The fourth-order valence-electron chi connectivity index (χ4n) is 3.35. The lowest BCUT2D eigenvalue weighted by Gasteiger charge is -2.22. The molecule has 1 aliphatic rings. The largest absolute Gasteiger partial charge is 0.508 e. The van der Waals surface area contributed by atoms with Crippen LogP contribution >= 0.6 is 0 Å². The van der Waals surface area contributed by atoms with Crippen LogP contribution in [0.4, 0.5) is 0 Å². The summed E-state index contributed by atoms with van der Waals surface area (Å²) in [5, 5.41) is 27.8. The van der Waals surface area contributed by atoms with Crippen LogP contribution in [0.3, 0.4) is 0 Å². The number of carbonyl (C=O) groups is 1. The number of aromatic nitrogens is 3. The Morgan fingerprint density at radius 3 is 2.92 bits per heavy atom. The number of rotatable bonds is 2. The quantitative estimate of drug-likeness (QED) is 0.660. The summed E-state index contributed by atoms with van der Waals surface area (Å²) in [6.45, 7) is 2.44. The zero-order valence-electron chi connectivity index (χ0n) is 13.7. The van der Waals surface area contributed by atoms with Gasteiger partial charge in [0, 0.05) is 24.5 Å². The molecule has 128 valence electrons. The van der Waals surface area contributed by atoms with Crippen LogP contribution in [0.15, 0.2) is 36.5 Å². The van der Waals surface area contributed by atoms with Gasteiger partial charge in [-0.1, -0.05) is 0 Å². The Hall–Kier alpha value is -2.93. The molecule has 3 N–H and O–H groups in total. The van der Waals surface area contributed by atoms with Crippen molar-refractivity contribution in [3.8, 4) is 5.75 Å². The molecule has 4 rings (SSSR count). The van der Waals surface area contributed by atoms with E-state index < -0.39 is 5.60 Å². The molecular formula is C18H18N4O3. The molecule has 3 aromatic rings. The fourth-order valence-corrected chi connectivity index (χ4v) is 3.35. The topological polar surface area (TPSA) is 102 Å². The molecule has 1 unspecified atom stereocenters. The lowest BCUT2D eigenvalue weighted by Crippen LogP contribution is -2.35. The van der Waals surface area contributed by atoms with Crippen LogP contribution in [-0.4, -0.2) is 49.3 Å². The number of nitrogens with zero attached hydrogens (tertiary/aromatic N) is 3. The molecule has 1 saturated heterocycles. The number of likely N-dealkylation sites (tertiary alicyclic amines) is 1. The minimum atomic E-state index is -1.11. The first kappa shape index (κ1) is 15.6. The van der Waals surface area contributed by atoms with Crippen molar-refractivity contribution >= 4 is 16.8 Å². The SMILES string of the molecule is Cc1nc2ccc(O)cc2cc1C(=O)N1CCC(O)(c2ccn[nH]2)C1. The Bertz CT molecular complexity index is 954. The van der Waals surface area contributed by atoms with Gasteiger partial charge in [-0.15, -0.1) is 0 Å². The van der Waals surface area contributed by atoms with Crippen LogP contribution < -0.4 is 0 Å². The average molecular weight is 338 g/mol. The molecule has 1 aliphatic heterocycles. The second-order valence-electron chi connectivity index (χ2n) is 6.48. The number of phenols is 1. The van der Waals surface area contributed by atoms with Crippen molar-refractivity contribution in [2.75, 3.05) is 13.1 Å². The predicted molar refractivity (Wildman–Crippen MR) is 91.1 cm³/mol. The molecule has 1 amide bonds. The molecule has 1 atom stereocenters. The first-order valence-electron chi connectivity index (χ1n) is 8.08. The lowest BCUT2D eigenvalue weighted by molar-refractivity contribution is 0.0382. The average Bonchev–Trinajstić information content (AvgIpc) is 3.24. The zero-order chi connectivity index (χ0) is 17.6. The molecular weight excluding hydrogens is 320 g/mol. The van der Waals surface area contributed by atoms with Gasteiger partial charge in [0.05, 0.1) is 29.0 Å². The van der Waals surface area contributed by atoms with Crippen molar-refractivity contribution in [1.29, 1.82) is 0 Å². The number of carbonyl (C=O) groups excluding carboxylic acids is 1. The number of nitrogens with one attached hydrogen (secondary N) is 1. The van der Waals surface area contributed by atoms with Crippen molar-refractivity contribution < 1.29 is 15.0 Å². The van der Waals surface area contributed by atoms with Gasteiger partial charge in [-0.05, 0) is 37.3 Å². The van der Waals surface area contributed by atoms with Gasteiger partial charge >= 0.3 is 0 Å². The van der Waals surface area contributed by atoms with Gasteiger partial charge in [0.1, 0.15) is 11.4 Å². The van der Waals surface area contributed by atoms with E-state index >= 15 is 0 Å². The van der Waals surface area contributed by atoms with Crippen LogP contribution in [-0.2, 0) is 5.60 Å². The van der Waals surface area contributed by atoms with Gasteiger partial charge in [-0.25, -0.2) is 0 Å². The summed E-state index contributed by atoms with van der Waals surface area (Å²) in [6.07, 6.45) is 2.03. The Balaban J connectivity index is 1.65. The highest BCUT2D eigenvalue weighted by molar-refractivity contribution is 5.99. The molecule has 0 bridgehead atoms. The first-order chi connectivity index (χ1) is 12.0. The maximum absolute atomic E-state index is 12.9. The zero-order valence-corrected chi connectivity index (χ0v) is 13.7. The number of aromatic amines is 1. The van der Waals surface area contributed by atoms with Gasteiger partial charge in [0.2, 0.25) is 0 Å². The van der Waals surface area contributed by atoms with Crippen LogP contribution in [0.25, 0.3) is 10.9 Å². The van der Waals surface area contributed by atoms with Gasteiger partial charge in [0.25, 0.3) is 5.91 Å². The fraction of sp³-hybridized carbons (Fsp3) is 0.278. The summed E-state index contributed by atoms with van der Waals surface area (Å²) in [5.41, 5.74) is 1.33. The summed E-state index contributed by atoms with van der Waals surface area (Å²) >= 11 is 0. The highest BCUT2D eigenvalue weighted by Gasteiger charge is 2.41.